The molecule has 0 spiro atoms. The fourth-order valence-corrected chi connectivity index (χ4v) is 6.94. The van der Waals surface area contributed by atoms with Gasteiger partial charge < -0.3 is 4.40 Å². The fourth-order valence-electron chi connectivity index (χ4n) is 6.94. The van der Waals surface area contributed by atoms with Gasteiger partial charge in [0.25, 0.3) is 0 Å². The van der Waals surface area contributed by atoms with Gasteiger partial charge in [-0.05, 0) is 57.6 Å². The van der Waals surface area contributed by atoms with E-state index in [0.717, 1.165) is 44.7 Å². The maximum atomic E-state index is 5.10. The Morgan fingerprint density at radius 3 is 1.83 bits per heavy atom. The van der Waals surface area contributed by atoms with Crippen molar-refractivity contribution in [3.63, 3.8) is 0 Å². The summed E-state index contributed by atoms with van der Waals surface area (Å²) in [7, 11) is 0. The highest BCUT2D eigenvalue weighted by atomic mass is 15.0. The molecule has 0 saturated carbocycles. The summed E-state index contributed by atoms with van der Waals surface area (Å²) >= 11 is 0. The average molecular weight is 618 g/mol. The molecule has 8 aromatic rings. The first-order valence-corrected chi connectivity index (χ1v) is 16.2. The van der Waals surface area contributed by atoms with Gasteiger partial charge in [0.1, 0.15) is 5.65 Å². The number of benzene rings is 5. The Bertz CT molecular complexity index is 2440. The van der Waals surface area contributed by atoms with Crippen molar-refractivity contribution < 1.29 is 0 Å². The van der Waals surface area contributed by atoms with E-state index in [1.54, 1.807) is 0 Å². The second kappa shape index (κ2) is 11.0. The summed E-state index contributed by atoms with van der Waals surface area (Å²) in [5.41, 5.74) is 13.1. The van der Waals surface area contributed by atoms with Crippen molar-refractivity contribution in [2.75, 3.05) is 0 Å². The Kier molecular flexibility index (Phi) is 6.40. The zero-order valence-electron chi connectivity index (χ0n) is 26.7. The molecule has 5 aromatic carbocycles. The highest BCUT2D eigenvalue weighted by molar-refractivity contribution is 5.83. The molecule has 0 amide bonds. The number of fused-ring (bicyclic) bond motifs is 4. The van der Waals surface area contributed by atoms with Crippen LogP contribution in [0.3, 0.4) is 0 Å². The summed E-state index contributed by atoms with van der Waals surface area (Å²) < 4.78 is 2.04. The van der Waals surface area contributed by atoms with Crippen LogP contribution in [-0.2, 0) is 5.41 Å². The Hall–Kier alpha value is -6.20. The van der Waals surface area contributed by atoms with Crippen molar-refractivity contribution in [3.05, 3.63) is 163 Å². The van der Waals surface area contributed by atoms with Gasteiger partial charge in [0.15, 0.2) is 17.5 Å². The lowest BCUT2D eigenvalue weighted by molar-refractivity contribution is 0.660. The van der Waals surface area contributed by atoms with Gasteiger partial charge in [-0.2, -0.15) is 0 Å². The molecule has 0 atom stereocenters. The number of imidazole rings is 1. The summed E-state index contributed by atoms with van der Waals surface area (Å²) in [6, 6.07) is 48.5. The van der Waals surface area contributed by atoms with E-state index in [0.29, 0.717) is 17.5 Å². The molecule has 0 N–H and O–H groups in total. The lowest BCUT2D eigenvalue weighted by Gasteiger charge is -2.21. The largest absolute Gasteiger partial charge is 0.306 e. The van der Waals surface area contributed by atoms with Crippen molar-refractivity contribution in [1.29, 1.82) is 0 Å². The van der Waals surface area contributed by atoms with E-state index in [2.05, 4.69) is 111 Å². The van der Waals surface area contributed by atoms with Gasteiger partial charge in [-0.25, -0.2) is 19.9 Å². The predicted octanol–water partition coefficient (Wildman–Crippen LogP) is 10.2. The van der Waals surface area contributed by atoms with Crippen molar-refractivity contribution in [3.8, 4) is 67.7 Å². The third-order valence-electron chi connectivity index (χ3n) is 9.51. The summed E-state index contributed by atoms with van der Waals surface area (Å²) in [5.74, 6) is 1.96. The predicted molar refractivity (Wildman–Crippen MR) is 193 cm³/mol. The smallest absolute Gasteiger partial charge is 0.164 e. The molecule has 3 heterocycles. The van der Waals surface area contributed by atoms with E-state index in [1.165, 1.54) is 22.3 Å². The van der Waals surface area contributed by atoms with Gasteiger partial charge in [0.2, 0.25) is 0 Å². The normalized spacial score (nSPS) is 13.0. The third-order valence-corrected chi connectivity index (χ3v) is 9.51. The van der Waals surface area contributed by atoms with E-state index in [-0.39, 0.29) is 5.41 Å². The summed E-state index contributed by atoms with van der Waals surface area (Å²) in [5, 5.41) is 0. The van der Waals surface area contributed by atoms with Gasteiger partial charge in [0.05, 0.1) is 5.69 Å². The molecular weight excluding hydrogens is 587 g/mol. The number of pyridine rings is 1. The minimum absolute atomic E-state index is 0.116. The Balaban J connectivity index is 1.11. The van der Waals surface area contributed by atoms with Crippen molar-refractivity contribution in [2.24, 2.45) is 0 Å². The standard InChI is InChI=1S/C43H31N5/c1-43(2)36-16-7-6-15-34(36)35-23-22-33(26-37(35)43)42-46-40(30-11-4-3-5-12-30)45-41(47-42)32-14-10-13-31(25-32)28-18-20-29(21-19-28)38-27-48-24-9-8-17-39(48)44-38/h3-27H,1-2H3. The van der Waals surface area contributed by atoms with Gasteiger partial charge in [-0.3, -0.25) is 0 Å². The maximum absolute atomic E-state index is 5.10. The lowest BCUT2D eigenvalue weighted by Crippen LogP contribution is -2.15. The van der Waals surface area contributed by atoms with Crippen LogP contribution in [0, 0.1) is 0 Å². The highest BCUT2D eigenvalue weighted by Gasteiger charge is 2.35. The van der Waals surface area contributed by atoms with E-state index < -0.39 is 0 Å². The molecule has 0 bridgehead atoms. The molecule has 48 heavy (non-hydrogen) atoms. The Morgan fingerprint density at radius 1 is 0.438 bits per heavy atom. The van der Waals surface area contributed by atoms with Crippen LogP contribution in [0.1, 0.15) is 25.0 Å². The molecule has 0 aliphatic heterocycles. The molecule has 0 fully saturated rings. The van der Waals surface area contributed by atoms with Crippen LogP contribution in [0.5, 0.6) is 0 Å². The topological polar surface area (TPSA) is 56.0 Å². The SMILES string of the molecule is CC1(C)c2ccccc2-c2ccc(-c3nc(-c4ccccc4)nc(-c4cccc(-c5ccc(-c6cn7ccccc7n6)cc5)c4)n3)cc21. The first kappa shape index (κ1) is 28.1. The van der Waals surface area contributed by atoms with Crippen LogP contribution in [0.2, 0.25) is 0 Å². The second-order valence-electron chi connectivity index (χ2n) is 12.9. The molecule has 228 valence electrons. The van der Waals surface area contributed by atoms with E-state index in [9.17, 15) is 0 Å². The minimum atomic E-state index is -0.116. The molecule has 1 aliphatic rings. The molecule has 3 aromatic heterocycles. The Morgan fingerprint density at radius 2 is 1.04 bits per heavy atom. The number of nitrogens with zero attached hydrogens (tertiary/aromatic N) is 5. The van der Waals surface area contributed by atoms with Gasteiger partial charge in [0, 0.05) is 40.1 Å². The van der Waals surface area contributed by atoms with E-state index in [4.69, 9.17) is 19.9 Å². The number of rotatable bonds is 5. The minimum Gasteiger partial charge on any atom is -0.306 e. The average Bonchev–Trinajstić information content (AvgIpc) is 3.68. The fraction of sp³-hybridized carbons (Fsp3) is 0.0698. The molecule has 1 aliphatic carbocycles. The molecule has 0 unspecified atom stereocenters. The molecule has 0 saturated heterocycles. The number of aromatic nitrogens is 5. The van der Waals surface area contributed by atoms with Crippen LogP contribution < -0.4 is 0 Å². The van der Waals surface area contributed by atoms with Crippen LogP contribution in [-0.4, -0.2) is 24.3 Å². The summed E-state index contributed by atoms with van der Waals surface area (Å²) in [4.78, 5) is 19.9. The van der Waals surface area contributed by atoms with Crippen molar-refractivity contribution >= 4 is 5.65 Å². The summed E-state index contributed by atoms with van der Waals surface area (Å²) in [6.45, 7) is 4.59. The number of hydrogen-bond donors (Lipinski definition) is 0. The molecule has 5 heteroatoms. The number of hydrogen-bond acceptors (Lipinski definition) is 4. The van der Waals surface area contributed by atoms with Crippen LogP contribution in [0.15, 0.2) is 152 Å². The summed E-state index contributed by atoms with van der Waals surface area (Å²) in [6.07, 6.45) is 4.08. The zero-order chi connectivity index (χ0) is 32.2. The highest BCUT2D eigenvalue weighted by Crippen LogP contribution is 2.49. The van der Waals surface area contributed by atoms with Crippen LogP contribution in [0.25, 0.3) is 73.3 Å². The maximum Gasteiger partial charge on any atom is 0.164 e. The van der Waals surface area contributed by atoms with Crippen LogP contribution >= 0.6 is 0 Å². The van der Waals surface area contributed by atoms with Crippen LogP contribution in [0.4, 0.5) is 0 Å². The molecule has 9 rings (SSSR count). The third kappa shape index (κ3) is 4.71. The van der Waals surface area contributed by atoms with E-state index in [1.807, 2.05) is 59.1 Å². The molecule has 5 nitrogen and oxygen atoms in total. The quantitative estimate of drug-likeness (QED) is 0.193. The first-order chi connectivity index (χ1) is 23.5. The Labute approximate surface area is 279 Å². The van der Waals surface area contributed by atoms with Gasteiger partial charge >= 0.3 is 0 Å². The van der Waals surface area contributed by atoms with Gasteiger partial charge in [-0.1, -0.05) is 129 Å². The first-order valence-electron chi connectivity index (χ1n) is 16.2. The molecule has 0 radical (unpaired) electrons. The van der Waals surface area contributed by atoms with Crippen molar-refractivity contribution in [2.45, 2.75) is 19.3 Å². The van der Waals surface area contributed by atoms with E-state index >= 15 is 0 Å². The zero-order valence-corrected chi connectivity index (χ0v) is 26.7. The monoisotopic (exact) mass is 617 g/mol. The lowest BCUT2D eigenvalue weighted by atomic mass is 9.82. The van der Waals surface area contributed by atoms with Crippen molar-refractivity contribution in [1.82, 2.24) is 24.3 Å². The van der Waals surface area contributed by atoms with Gasteiger partial charge in [-0.15, -0.1) is 0 Å². The molecular formula is C43H31N5. The second-order valence-corrected chi connectivity index (χ2v) is 12.9.